The van der Waals surface area contributed by atoms with E-state index in [4.69, 9.17) is 4.74 Å². The van der Waals surface area contributed by atoms with E-state index in [-0.39, 0.29) is 22.8 Å². The van der Waals surface area contributed by atoms with Crippen LogP contribution in [0.15, 0.2) is 29.2 Å². The molecule has 3 heterocycles. The third-order valence-electron chi connectivity index (χ3n) is 6.86. The van der Waals surface area contributed by atoms with Crippen molar-refractivity contribution in [2.24, 2.45) is 0 Å². The van der Waals surface area contributed by atoms with Gasteiger partial charge in [0.25, 0.3) is 0 Å². The summed E-state index contributed by atoms with van der Waals surface area (Å²) < 4.78 is 32.5. The molecule has 0 aromatic heterocycles. The van der Waals surface area contributed by atoms with Crippen molar-refractivity contribution in [3.05, 3.63) is 24.3 Å². The van der Waals surface area contributed by atoms with E-state index in [2.05, 4.69) is 15.1 Å². The number of anilines is 1. The number of amides is 2. The van der Waals surface area contributed by atoms with Crippen molar-refractivity contribution in [3.63, 3.8) is 0 Å². The van der Waals surface area contributed by atoms with E-state index >= 15 is 0 Å². The lowest BCUT2D eigenvalue weighted by atomic mass is 10.2. The lowest BCUT2D eigenvalue weighted by molar-refractivity contribution is -0.132. The highest BCUT2D eigenvalue weighted by Gasteiger charge is 2.29. The van der Waals surface area contributed by atoms with E-state index in [1.807, 2.05) is 11.8 Å². The lowest BCUT2D eigenvalue weighted by Gasteiger charge is -2.37. The highest BCUT2D eigenvalue weighted by Crippen LogP contribution is 2.21. The number of carbonyl (C=O) groups is 2. The third-order valence-corrected chi connectivity index (χ3v) is 8.76. The second-order valence-electron chi connectivity index (χ2n) is 9.11. The smallest absolute Gasteiger partial charge is 0.243 e. The normalized spacial score (nSPS) is 22.0. The maximum absolute atomic E-state index is 12.9. The molecule has 0 aliphatic carbocycles. The summed E-state index contributed by atoms with van der Waals surface area (Å²) in [5, 5.41) is 2.87. The van der Waals surface area contributed by atoms with Crippen molar-refractivity contribution >= 4 is 27.5 Å². The molecule has 3 saturated heterocycles. The molecule has 3 aliphatic rings. The molecule has 4 rings (SSSR count). The average Bonchev–Trinajstić information content (AvgIpc) is 3.40. The van der Waals surface area contributed by atoms with Gasteiger partial charge in [-0.3, -0.25) is 19.4 Å². The zero-order valence-corrected chi connectivity index (χ0v) is 20.6. The van der Waals surface area contributed by atoms with Gasteiger partial charge in [-0.15, -0.1) is 0 Å². The Bertz CT molecular complexity index is 968. The van der Waals surface area contributed by atoms with Gasteiger partial charge in [0, 0.05) is 58.0 Å². The Balaban J connectivity index is 1.29. The predicted octanol–water partition coefficient (Wildman–Crippen LogP) is 0.275. The first-order chi connectivity index (χ1) is 16.3. The molecule has 11 heteroatoms. The van der Waals surface area contributed by atoms with Gasteiger partial charge in [0.1, 0.15) is 0 Å². The monoisotopic (exact) mass is 493 g/mol. The Hall–Kier alpha value is -2.05. The number of carbonyl (C=O) groups excluding carboxylic acids is 2. The van der Waals surface area contributed by atoms with Crippen LogP contribution in [0.2, 0.25) is 0 Å². The zero-order chi connectivity index (χ0) is 24.1. The molecule has 3 fully saturated rings. The summed E-state index contributed by atoms with van der Waals surface area (Å²) >= 11 is 0. The Labute approximate surface area is 201 Å². The van der Waals surface area contributed by atoms with Crippen molar-refractivity contribution in [2.45, 2.75) is 30.7 Å². The van der Waals surface area contributed by atoms with Gasteiger partial charge in [0.15, 0.2) is 0 Å². The average molecular weight is 494 g/mol. The fourth-order valence-corrected chi connectivity index (χ4v) is 6.10. The molecule has 3 aliphatic heterocycles. The SMILES string of the molecule is CC(C(=O)Nc1cccc(S(=O)(=O)N2CCOCC2)c1)N1CCN(CC(=O)N2CCCC2)CC1. The quantitative estimate of drug-likeness (QED) is 0.582. The maximum atomic E-state index is 12.9. The van der Waals surface area contributed by atoms with E-state index in [1.54, 1.807) is 18.2 Å². The zero-order valence-electron chi connectivity index (χ0n) is 19.8. The molecule has 188 valence electrons. The molecule has 10 nitrogen and oxygen atoms in total. The Morgan fingerprint density at radius 3 is 2.35 bits per heavy atom. The Morgan fingerprint density at radius 1 is 1.00 bits per heavy atom. The summed E-state index contributed by atoms with van der Waals surface area (Å²) in [4.78, 5) is 31.7. The van der Waals surface area contributed by atoms with Crippen molar-refractivity contribution in [2.75, 3.05) is 77.4 Å². The van der Waals surface area contributed by atoms with Gasteiger partial charge in [-0.25, -0.2) is 8.42 Å². The van der Waals surface area contributed by atoms with Crippen LogP contribution in [0.25, 0.3) is 0 Å². The van der Waals surface area contributed by atoms with Crippen molar-refractivity contribution in [1.82, 2.24) is 19.0 Å². The number of ether oxygens (including phenoxy) is 1. The number of hydrogen-bond acceptors (Lipinski definition) is 7. The van der Waals surface area contributed by atoms with Crippen LogP contribution in [0.1, 0.15) is 19.8 Å². The number of nitrogens with zero attached hydrogens (tertiary/aromatic N) is 4. The number of morpholine rings is 1. The molecule has 0 spiro atoms. The first-order valence-corrected chi connectivity index (χ1v) is 13.5. The molecule has 1 N–H and O–H groups in total. The standard InChI is InChI=1S/C23H35N5O5S/c1-19(26-11-9-25(10-12-26)18-22(29)27-7-2-3-8-27)23(30)24-20-5-4-6-21(17-20)34(31,32)28-13-15-33-16-14-28/h4-6,17,19H,2-3,7-16,18H2,1H3,(H,24,30). The number of rotatable bonds is 7. The number of piperazine rings is 1. The summed E-state index contributed by atoms with van der Waals surface area (Å²) in [7, 11) is -3.63. The van der Waals surface area contributed by atoms with Gasteiger partial charge in [-0.1, -0.05) is 6.07 Å². The Morgan fingerprint density at radius 2 is 1.68 bits per heavy atom. The van der Waals surface area contributed by atoms with E-state index in [1.165, 1.54) is 10.4 Å². The molecule has 1 atom stereocenters. The van der Waals surface area contributed by atoms with Gasteiger partial charge in [-0.05, 0) is 38.0 Å². The van der Waals surface area contributed by atoms with E-state index in [9.17, 15) is 18.0 Å². The molecular formula is C23H35N5O5S. The minimum atomic E-state index is -3.63. The summed E-state index contributed by atoms with van der Waals surface area (Å²) in [6.45, 7) is 8.33. The van der Waals surface area contributed by atoms with E-state index in [0.29, 0.717) is 51.6 Å². The maximum Gasteiger partial charge on any atom is 0.243 e. The van der Waals surface area contributed by atoms with E-state index in [0.717, 1.165) is 39.0 Å². The molecule has 1 unspecified atom stereocenters. The van der Waals surface area contributed by atoms with Crippen LogP contribution in [-0.2, 0) is 24.3 Å². The number of benzene rings is 1. The summed E-state index contributed by atoms with van der Waals surface area (Å²) in [5.74, 6) is 0.0196. The molecular weight excluding hydrogens is 458 g/mol. The fraction of sp³-hybridized carbons (Fsp3) is 0.652. The number of hydrogen-bond donors (Lipinski definition) is 1. The summed E-state index contributed by atoms with van der Waals surface area (Å²) in [5.41, 5.74) is 0.459. The molecule has 0 saturated carbocycles. The molecule has 1 aromatic rings. The van der Waals surface area contributed by atoms with Crippen LogP contribution >= 0.6 is 0 Å². The summed E-state index contributed by atoms with van der Waals surface area (Å²) in [6, 6.07) is 6.04. The number of nitrogens with one attached hydrogen (secondary N) is 1. The van der Waals surface area contributed by atoms with Crippen LogP contribution < -0.4 is 5.32 Å². The van der Waals surface area contributed by atoms with Crippen LogP contribution in [0.4, 0.5) is 5.69 Å². The highest BCUT2D eigenvalue weighted by molar-refractivity contribution is 7.89. The first kappa shape index (κ1) is 25.1. The van der Waals surface area contributed by atoms with Gasteiger partial charge in [0.2, 0.25) is 21.8 Å². The van der Waals surface area contributed by atoms with Crippen LogP contribution in [0.3, 0.4) is 0 Å². The Kier molecular flexibility index (Phi) is 8.20. The minimum absolute atomic E-state index is 0.163. The molecule has 0 bridgehead atoms. The van der Waals surface area contributed by atoms with Gasteiger partial charge in [0.05, 0.1) is 30.7 Å². The predicted molar refractivity (Wildman–Crippen MR) is 128 cm³/mol. The van der Waals surface area contributed by atoms with Crippen LogP contribution in [0.5, 0.6) is 0 Å². The second kappa shape index (κ2) is 11.1. The molecule has 34 heavy (non-hydrogen) atoms. The third kappa shape index (κ3) is 5.95. The molecule has 2 amide bonds. The second-order valence-corrected chi connectivity index (χ2v) is 11.0. The van der Waals surface area contributed by atoms with Crippen molar-refractivity contribution < 1.29 is 22.7 Å². The molecule has 0 radical (unpaired) electrons. The largest absolute Gasteiger partial charge is 0.379 e. The topological polar surface area (TPSA) is 102 Å². The van der Waals surface area contributed by atoms with Crippen LogP contribution in [-0.4, -0.2) is 117 Å². The van der Waals surface area contributed by atoms with Gasteiger partial charge < -0.3 is 15.0 Å². The van der Waals surface area contributed by atoms with Crippen molar-refractivity contribution in [1.29, 1.82) is 0 Å². The molecule has 1 aromatic carbocycles. The highest BCUT2D eigenvalue weighted by atomic mass is 32.2. The van der Waals surface area contributed by atoms with E-state index < -0.39 is 10.0 Å². The van der Waals surface area contributed by atoms with Crippen LogP contribution in [0, 0.1) is 0 Å². The minimum Gasteiger partial charge on any atom is -0.379 e. The fourth-order valence-electron chi connectivity index (χ4n) is 4.65. The van der Waals surface area contributed by atoms with Crippen molar-refractivity contribution in [3.8, 4) is 0 Å². The summed E-state index contributed by atoms with van der Waals surface area (Å²) in [6.07, 6.45) is 2.18. The number of sulfonamides is 1. The van der Waals surface area contributed by atoms with Gasteiger partial charge in [-0.2, -0.15) is 4.31 Å². The number of likely N-dealkylation sites (tertiary alicyclic amines) is 1. The van der Waals surface area contributed by atoms with Gasteiger partial charge >= 0.3 is 0 Å². The lowest BCUT2D eigenvalue weighted by Crippen LogP contribution is -2.54. The first-order valence-electron chi connectivity index (χ1n) is 12.1.